The highest BCUT2D eigenvalue weighted by molar-refractivity contribution is 7.13. The largest absolute Gasteiger partial charge is 0.374 e. The Morgan fingerprint density at radius 2 is 2.35 bits per heavy atom. The number of thiophene rings is 1. The summed E-state index contributed by atoms with van der Waals surface area (Å²) in [5.74, 6) is 0.981. The van der Waals surface area contributed by atoms with E-state index in [1.165, 1.54) is 16.4 Å². The van der Waals surface area contributed by atoms with Gasteiger partial charge in [-0.15, -0.1) is 16.4 Å². The van der Waals surface area contributed by atoms with Crippen LogP contribution in [0.4, 0.5) is 5.00 Å². The Kier molecular flexibility index (Phi) is 4.08. The zero-order valence-corrected chi connectivity index (χ0v) is 12.7. The van der Waals surface area contributed by atoms with Crippen molar-refractivity contribution < 1.29 is 0 Å². The second-order valence-electron chi connectivity index (χ2n) is 4.33. The fourth-order valence-electron chi connectivity index (χ4n) is 1.91. The van der Waals surface area contributed by atoms with Gasteiger partial charge in [-0.05, 0) is 17.9 Å². The normalized spacial score (nSPS) is 10.8. The third-order valence-corrected chi connectivity index (χ3v) is 4.46. The third-order valence-electron chi connectivity index (χ3n) is 2.87. The van der Waals surface area contributed by atoms with Crippen LogP contribution >= 0.6 is 22.9 Å². The molecule has 0 unspecified atom stereocenters. The first kappa shape index (κ1) is 13.3. The second kappa shape index (κ2) is 6.15. The summed E-state index contributed by atoms with van der Waals surface area (Å²) in [5, 5.41) is 10.7. The van der Waals surface area contributed by atoms with Crippen molar-refractivity contribution >= 4 is 27.9 Å². The standard InChI is InChI=1S/C13H15N5S2/c1-2-5-15-13-10(16-17-20-13)9-18-7-6-14-12(18)11-4-3-8-19-11/h3-4,6-8,15H,2,5,9H2,1H3. The predicted octanol–water partition coefficient (Wildman–Crippen LogP) is 3.33. The van der Waals surface area contributed by atoms with Gasteiger partial charge in [0.1, 0.15) is 16.5 Å². The number of anilines is 1. The number of nitrogens with zero attached hydrogens (tertiary/aromatic N) is 4. The summed E-state index contributed by atoms with van der Waals surface area (Å²) in [6.07, 6.45) is 4.90. The molecule has 0 aromatic carbocycles. The van der Waals surface area contributed by atoms with Gasteiger partial charge in [-0.2, -0.15) is 0 Å². The number of nitrogens with one attached hydrogen (secondary N) is 1. The quantitative estimate of drug-likeness (QED) is 0.759. The lowest BCUT2D eigenvalue weighted by atomic mass is 10.4. The topological polar surface area (TPSA) is 55.6 Å². The Balaban J connectivity index is 1.82. The molecule has 3 heterocycles. The molecule has 0 saturated heterocycles. The number of rotatable bonds is 6. The van der Waals surface area contributed by atoms with Gasteiger partial charge in [0, 0.05) is 30.5 Å². The van der Waals surface area contributed by atoms with E-state index in [0.29, 0.717) is 6.54 Å². The van der Waals surface area contributed by atoms with Gasteiger partial charge in [-0.3, -0.25) is 0 Å². The van der Waals surface area contributed by atoms with Crippen molar-refractivity contribution in [2.45, 2.75) is 19.9 Å². The molecule has 0 aliphatic carbocycles. The van der Waals surface area contributed by atoms with Gasteiger partial charge in [0.25, 0.3) is 0 Å². The van der Waals surface area contributed by atoms with Crippen LogP contribution in [-0.2, 0) is 6.54 Å². The number of hydrogen-bond donors (Lipinski definition) is 1. The van der Waals surface area contributed by atoms with Gasteiger partial charge in [0.2, 0.25) is 0 Å². The van der Waals surface area contributed by atoms with E-state index in [1.807, 2.05) is 18.5 Å². The Morgan fingerprint density at radius 3 is 3.15 bits per heavy atom. The second-order valence-corrected chi connectivity index (χ2v) is 6.03. The molecule has 0 radical (unpaired) electrons. The molecule has 0 saturated carbocycles. The molecular formula is C13H15N5S2. The highest BCUT2D eigenvalue weighted by Gasteiger charge is 2.12. The summed E-state index contributed by atoms with van der Waals surface area (Å²) in [5.41, 5.74) is 0.972. The third kappa shape index (κ3) is 2.73. The molecule has 0 amide bonds. The predicted molar refractivity (Wildman–Crippen MR) is 83.3 cm³/mol. The van der Waals surface area contributed by atoms with E-state index in [4.69, 9.17) is 0 Å². The van der Waals surface area contributed by atoms with E-state index in [0.717, 1.165) is 29.5 Å². The van der Waals surface area contributed by atoms with Crippen LogP contribution in [-0.4, -0.2) is 25.7 Å². The van der Waals surface area contributed by atoms with Gasteiger partial charge in [-0.1, -0.05) is 17.5 Å². The lowest BCUT2D eigenvalue weighted by Crippen LogP contribution is -2.05. The maximum atomic E-state index is 4.44. The maximum absolute atomic E-state index is 4.44. The molecule has 3 aromatic heterocycles. The van der Waals surface area contributed by atoms with E-state index >= 15 is 0 Å². The smallest absolute Gasteiger partial charge is 0.150 e. The molecule has 0 bridgehead atoms. The van der Waals surface area contributed by atoms with E-state index in [1.54, 1.807) is 11.3 Å². The van der Waals surface area contributed by atoms with Crippen molar-refractivity contribution in [2.75, 3.05) is 11.9 Å². The van der Waals surface area contributed by atoms with Crippen molar-refractivity contribution in [1.82, 2.24) is 19.1 Å². The summed E-state index contributed by atoms with van der Waals surface area (Å²) in [6, 6.07) is 4.12. The van der Waals surface area contributed by atoms with Gasteiger partial charge in [-0.25, -0.2) is 4.98 Å². The average Bonchev–Trinajstić information content (AvgIpc) is 3.18. The Labute approximate surface area is 125 Å². The molecule has 104 valence electrons. The molecule has 20 heavy (non-hydrogen) atoms. The molecule has 0 fully saturated rings. The fraction of sp³-hybridized carbons (Fsp3) is 0.308. The number of imidazole rings is 1. The zero-order valence-electron chi connectivity index (χ0n) is 11.1. The zero-order chi connectivity index (χ0) is 13.8. The van der Waals surface area contributed by atoms with Crippen LogP contribution in [0.3, 0.4) is 0 Å². The minimum Gasteiger partial charge on any atom is -0.374 e. The highest BCUT2D eigenvalue weighted by Crippen LogP contribution is 2.25. The molecule has 0 spiro atoms. The van der Waals surface area contributed by atoms with Crippen LogP contribution in [0.2, 0.25) is 0 Å². The summed E-state index contributed by atoms with van der Waals surface area (Å²) < 4.78 is 6.16. The molecule has 0 aliphatic rings. The Bertz CT molecular complexity index is 656. The van der Waals surface area contributed by atoms with Crippen LogP contribution in [0.1, 0.15) is 19.0 Å². The van der Waals surface area contributed by atoms with Crippen molar-refractivity contribution in [3.8, 4) is 10.7 Å². The molecule has 0 atom stereocenters. The van der Waals surface area contributed by atoms with Gasteiger partial charge >= 0.3 is 0 Å². The van der Waals surface area contributed by atoms with Crippen LogP contribution in [0.15, 0.2) is 29.9 Å². The molecular weight excluding hydrogens is 290 g/mol. The van der Waals surface area contributed by atoms with Gasteiger partial charge in [0.15, 0.2) is 0 Å². The Hall–Kier alpha value is -1.73. The van der Waals surface area contributed by atoms with Gasteiger partial charge in [0.05, 0.1) is 11.4 Å². The lowest BCUT2D eigenvalue weighted by Gasteiger charge is -2.07. The van der Waals surface area contributed by atoms with Gasteiger partial charge < -0.3 is 9.88 Å². The Morgan fingerprint density at radius 1 is 1.40 bits per heavy atom. The first-order chi connectivity index (χ1) is 9.88. The van der Waals surface area contributed by atoms with Crippen LogP contribution in [0.5, 0.6) is 0 Å². The summed E-state index contributed by atoms with van der Waals surface area (Å²) in [4.78, 5) is 5.61. The summed E-state index contributed by atoms with van der Waals surface area (Å²) in [6.45, 7) is 3.78. The lowest BCUT2D eigenvalue weighted by molar-refractivity contribution is 0.777. The SMILES string of the molecule is CCCNc1snnc1Cn1ccnc1-c1cccs1. The number of aromatic nitrogens is 4. The highest BCUT2D eigenvalue weighted by atomic mass is 32.1. The molecule has 0 aliphatic heterocycles. The van der Waals surface area contributed by atoms with Crippen molar-refractivity contribution in [2.24, 2.45) is 0 Å². The molecule has 5 nitrogen and oxygen atoms in total. The minimum absolute atomic E-state index is 0.690. The first-order valence-electron chi connectivity index (χ1n) is 6.48. The summed E-state index contributed by atoms with van der Waals surface area (Å²) >= 11 is 3.10. The average molecular weight is 305 g/mol. The molecule has 1 N–H and O–H groups in total. The van der Waals surface area contributed by atoms with E-state index < -0.39 is 0 Å². The molecule has 3 aromatic rings. The summed E-state index contributed by atoms with van der Waals surface area (Å²) in [7, 11) is 0. The van der Waals surface area contributed by atoms with Crippen molar-refractivity contribution in [1.29, 1.82) is 0 Å². The van der Waals surface area contributed by atoms with Crippen LogP contribution in [0, 0.1) is 0 Å². The fourth-order valence-corrected chi connectivity index (χ4v) is 3.25. The molecule has 3 rings (SSSR count). The monoisotopic (exact) mass is 305 g/mol. The first-order valence-corrected chi connectivity index (χ1v) is 8.14. The van der Waals surface area contributed by atoms with Crippen LogP contribution in [0.25, 0.3) is 10.7 Å². The van der Waals surface area contributed by atoms with Crippen LogP contribution < -0.4 is 5.32 Å². The number of hydrogen-bond acceptors (Lipinski definition) is 6. The maximum Gasteiger partial charge on any atom is 0.150 e. The minimum atomic E-state index is 0.690. The molecule has 7 heteroatoms. The van der Waals surface area contributed by atoms with Crippen molar-refractivity contribution in [3.63, 3.8) is 0 Å². The van der Waals surface area contributed by atoms with E-state index in [-0.39, 0.29) is 0 Å². The van der Waals surface area contributed by atoms with E-state index in [2.05, 4.69) is 42.8 Å². The van der Waals surface area contributed by atoms with Crippen molar-refractivity contribution in [3.05, 3.63) is 35.6 Å². The van der Waals surface area contributed by atoms with E-state index in [9.17, 15) is 0 Å².